The molecule has 6 nitrogen and oxygen atoms in total. The molecule has 0 aliphatic heterocycles. The maximum atomic E-state index is 12.6. The predicted octanol–water partition coefficient (Wildman–Crippen LogP) is 3.09. The van der Waals surface area contributed by atoms with Gasteiger partial charge in [0.05, 0.1) is 5.69 Å². The summed E-state index contributed by atoms with van der Waals surface area (Å²) in [6.07, 6.45) is 2.45. The van der Waals surface area contributed by atoms with Gasteiger partial charge in [-0.15, -0.1) is 0 Å². The second kappa shape index (κ2) is 8.29. The fourth-order valence-corrected chi connectivity index (χ4v) is 2.56. The summed E-state index contributed by atoms with van der Waals surface area (Å²) in [5.74, 6) is 0.645. The Bertz CT molecular complexity index is 833. The third kappa shape index (κ3) is 4.47. The van der Waals surface area contributed by atoms with Gasteiger partial charge in [0.1, 0.15) is 12.4 Å². The molecule has 0 spiro atoms. The van der Waals surface area contributed by atoms with Gasteiger partial charge in [0.2, 0.25) is 0 Å². The molecule has 0 bridgehead atoms. The van der Waals surface area contributed by atoms with E-state index in [1.807, 2.05) is 55.5 Å². The Morgan fingerprint density at radius 2 is 1.96 bits per heavy atom. The summed E-state index contributed by atoms with van der Waals surface area (Å²) in [6, 6.07) is 17.1. The van der Waals surface area contributed by atoms with Crippen LogP contribution in [-0.4, -0.2) is 39.1 Å². The van der Waals surface area contributed by atoms with Crippen LogP contribution in [0.3, 0.4) is 0 Å². The molecule has 0 radical (unpaired) electrons. The van der Waals surface area contributed by atoms with E-state index in [0.717, 1.165) is 17.1 Å². The molecule has 0 saturated heterocycles. The number of likely N-dealkylation sites (N-methyl/N-ethyl adjacent to an activating group) is 1. The molecule has 0 aliphatic rings. The minimum absolute atomic E-state index is 0.0121. The maximum absolute atomic E-state index is 12.6. The van der Waals surface area contributed by atoms with Crippen molar-refractivity contribution in [1.29, 1.82) is 0 Å². The maximum Gasteiger partial charge on any atom is 0.274 e. The Morgan fingerprint density at radius 3 is 2.69 bits per heavy atom. The van der Waals surface area contributed by atoms with Crippen LogP contribution < -0.4 is 4.74 Å². The number of amides is 1. The van der Waals surface area contributed by atoms with Crippen molar-refractivity contribution in [2.24, 2.45) is 0 Å². The first kappa shape index (κ1) is 17.7. The summed E-state index contributed by atoms with van der Waals surface area (Å²) in [7, 11) is 1.78. The predicted molar refractivity (Wildman–Crippen MR) is 98.9 cm³/mol. The fourth-order valence-electron chi connectivity index (χ4n) is 2.56. The highest BCUT2D eigenvalue weighted by Gasteiger charge is 2.20. The first-order chi connectivity index (χ1) is 12.6. The normalized spacial score (nSPS) is 11.8. The number of hydrogen-bond acceptors (Lipinski definition) is 4. The summed E-state index contributed by atoms with van der Waals surface area (Å²) < 4.78 is 5.67. The van der Waals surface area contributed by atoms with E-state index in [1.165, 1.54) is 0 Å². The minimum atomic E-state index is -0.129. The molecule has 6 heteroatoms. The SMILES string of the molecule is CC(Cc1ccccn1)N(C)C(=O)c1cc(COc2ccccc2)[nH]n1. The lowest BCUT2D eigenvalue weighted by Crippen LogP contribution is -2.36. The van der Waals surface area contributed by atoms with Crippen molar-refractivity contribution in [3.05, 3.63) is 77.9 Å². The molecule has 2 aromatic heterocycles. The zero-order chi connectivity index (χ0) is 18.4. The lowest BCUT2D eigenvalue weighted by molar-refractivity contribution is 0.0737. The van der Waals surface area contributed by atoms with Crippen LogP contribution in [0.5, 0.6) is 5.75 Å². The van der Waals surface area contributed by atoms with Crippen LogP contribution in [0.4, 0.5) is 0 Å². The Kier molecular flexibility index (Phi) is 5.63. The van der Waals surface area contributed by atoms with Gasteiger partial charge in [-0.1, -0.05) is 24.3 Å². The van der Waals surface area contributed by atoms with E-state index in [0.29, 0.717) is 18.7 Å². The van der Waals surface area contributed by atoms with E-state index in [9.17, 15) is 4.79 Å². The van der Waals surface area contributed by atoms with Crippen LogP contribution in [0.1, 0.15) is 28.8 Å². The number of pyridine rings is 1. The van der Waals surface area contributed by atoms with Gasteiger partial charge in [0, 0.05) is 31.4 Å². The van der Waals surface area contributed by atoms with Crippen molar-refractivity contribution in [2.45, 2.75) is 26.0 Å². The quantitative estimate of drug-likeness (QED) is 0.711. The van der Waals surface area contributed by atoms with Crippen LogP contribution in [0.15, 0.2) is 60.8 Å². The first-order valence-corrected chi connectivity index (χ1v) is 8.52. The summed E-state index contributed by atoms with van der Waals surface area (Å²) >= 11 is 0. The molecule has 1 amide bonds. The molecule has 26 heavy (non-hydrogen) atoms. The second-order valence-electron chi connectivity index (χ2n) is 6.17. The van der Waals surface area contributed by atoms with Crippen LogP contribution in [-0.2, 0) is 13.0 Å². The molecule has 3 rings (SSSR count). The molecule has 1 unspecified atom stereocenters. The number of aromatic amines is 1. The average Bonchev–Trinajstić information content (AvgIpc) is 3.16. The number of nitrogens with one attached hydrogen (secondary N) is 1. The smallest absolute Gasteiger partial charge is 0.274 e. The van der Waals surface area contributed by atoms with E-state index in [1.54, 1.807) is 24.2 Å². The Morgan fingerprint density at radius 1 is 1.19 bits per heavy atom. The largest absolute Gasteiger partial charge is 0.487 e. The van der Waals surface area contributed by atoms with Gasteiger partial charge < -0.3 is 9.64 Å². The van der Waals surface area contributed by atoms with Crippen LogP contribution in [0, 0.1) is 0 Å². The van der Waals surface area contributed by atoms with Gasteiger partial charge in [-0.25, -0.2) is 0 Å². The Balaban J connectivity index is 1.58. The van der Waals surface area contributed by atoms with Crippen LogP contribution >= 0.6 is 0 Å². The third-order valence-electron chi connectivity index (χ3n) is 4.20. The van der Waals surface area contributed by atoms with Gasteiger partial charge in [0.15, 0.2) is 5.69 Å². The highest BCUT2D eigenvalue weighted by Crippen LogP contribution is 2.13. The lowest BCUT2D eigenvalue weighted by Gasteiger charge is -2.23. The summed E-state index contributed by atoms with van der Waals surface area (Å²) in [4.78, 5) is 18.6. The summed E-state index contributed by atoms with van der Waals surface area (Å²) in [6.45, 7) is 2.33. The van der Waals surface area contributed by atoms with E-state index >= 15 is 0 Å². The number of hydrogen-bond donors (Lipinski definition) is 1. The van der Waals surface area contributed by atoms with Crippen LogP contribution in [0.25, 0.3) is 0 Å². The molecule has 1 atom stereocenters. The summed E-state index contributed by atoms with van der Waals surface area (Å²) in [5, 5.41) is 6.99. The molecule has 134 valence electrons. The molecule has 1 aromatic carbocycles. The van der Waals surface area contributed by atoms with Crippen molar-refractivity contribution in [3.8, 4) is 5.75 Å². The first-order valence-electron chi connectivity index (χ1n) is 8.52. The van der Waals surface area contributed by atoms with Gasteiger partial charge in [-0.05, 0) is 37.3 Å². The van der Waals surface area contributed by atoms with Crippen LogP contribution in [0.2, 0.25) is 0 Å². The molecular formula is C20H22N4O2. The average molecular weight is 350 g/mol. The fraction of sp³-hybridized carbons (Fsp3) is 0.250. The molecule has 2 heterocycles. The number of rotatable bonds is 7. The van der Waals surface area contributed by atoms with E-state index in [2.05, 4.69) is 15.2 Å². The van der Waals surface area contributed by atoms with Crippen molar-refractivity contribution < 1.29 is 9.53 Å². The van der Waals surface area contributed by atoms with Crippen molar-refractivity contribution in [1.82, 2.24) is 20.1 Å². The van der Waals surface area contributed by atoms with Crippen molar-refractivity contribution in [3.63, 3.8) is 0 Å². The van der Waals surface area contributed by atoms with Crippen molar-refractivity contribution >= 4 is 5.91 Å². The molecule has 0 aliphatic carbocycles. The number of H-pyrrole nitrogens is 1. The minimum Gasteiger partial charge on any atom is -0.487 e. The Hall–Kier alpha value is -3.15. The number of para-hydroxylation sites is 1. The van der Waals surface area contributed by atoms with E-state index < -0.39 is 0 Å². The van der Waals surface area contributed by atoms with E-state index in [4.69, 9.17) is 4.74 Å². The zero-order valence-electron chi connectivity index (χ0n) is 14.9. The number of ether oxygens (including phenoxy) is 1. The highest BCUT2D eigenvalue weighted by molar-refractivity contribution is 5.92. The molecular weight excluding hydrogens is 328 g/mol. The molecule has 0 saturated carbocycles. The standard InChI is InChI=1S/C20H22N4O2/c1-15(12-16-8-6-7-11-21-16)24(2)20(25)19-13-17(22-23-19)14-26-18-9-4-3-5-10-18/h3-11,13,15H,12,14H2,1-2H3,(H,22,23). The number of carbonyl (C=O) groups excluding carboxylic acids is 1. The van der Waals surface area contributed by atoms with Gasteiger partial charge in [0.25, 0.3) is 5.91 Å². The lowest BCUT2D eigenvalue weighted by atomic mass is 10.1. The van der Waals surface area contributed by atoms with Gasteiger partial charge in [-0.2, -0.15) is 5.10 Å². The highest BCUT2D eigenvalue weighted by atomic mass is 16.5. The zero-order valence-corrected chi connectivity index (χ0v) is 14.9. The third-order valence-corrected chi connectivity index (χ3v) is 4.20. The Labute approximate surface area is 152 Å². The number of benzene rings is 1. The van der Waals surface area contributed by atoms with Gasteiger partial charge >= 0.3 is 0 Å². The monoisotopic (exact) mass is 350 g/mol. The molecule has 3 aromatic rings. The number of aromatic nitrogens is 3. The number of nitrogens with zero attached hydrogens (tertiary/aromatic N) is 3. The van der Waals surface area contributed by atoms with Gasteiger partial charge in [-0.3, -0.25) is 14.9 Å². The number of carbonyl (C=O) groups is 1. The second-order valence-corrected chi connectivity index (χ2v) is 6.17. The topological polar surface area (TPSA) is 71.1 Å². The van der Waals surface area contributed by atoms with Crippen molar-refractivity contribution in [2.75, 3.05) is 7.05 Å². The molecule has 0 fully saturated rings. The summed E-state index contributed by atoms with van der Waals surface area (Å²) in [5.41, 5.74) is 2.09. The molecule has 1 N–H and O–H groups in total. The van der Waals surface area contributed by atoms with E-state index in [-0.39, 0.29) is 11.9 Å².